The maximum atomic E-state index is 7.12. The van der Waals surface area contributed by atoms with E-state index in [-0.39, 0.29) is 5.84 Å². The largest absolute Gasteiger partial charge is 0.388 e. The van der Waals surface area contributed by atoms with Crippen molar-refractivity contribution in [3.8, 4) is 0 Å². The second-order valence-electron chi connectivity index (χ2n) is 3.98. The maximum absolute atomic E-state index is 7.12. The molecule has 0 amide bonds. The van der Waals surface area contributed by atoms with Gasteiger partial charge >= 0.3 is 0 Å². The number of aryl methyl sites for hydroxylation is 2. The summed E-state index contributed by atoms with van der Waals surface area (Å²) in [7, 11) is 0. The van der Waals surface area contributed by atoms with Crippen LogP contribution >= 0.6 is 0 Å². The molecule has 1 rings (SSSR count). The van der Waals surface area contributed by atoms with E-state index >= 15 is 0 Å². The Morgan fingerprint density at radius 3 is 2.69 bits per heavy atom. The fraction of sp³-hybridized carbons (Fsp3) is 0.500. The van der Waals surface area contributed by atoms with Crippen molar-refractivity contribution < 1.29 is 0 Å². The molecule has 5 N–H and O–H groups in total. The van der Waals surface area contributed by atoms with E-state index in [1.54, 1.807) is 0 Å². The molecule has 0 radical (unpaired) electrons. The first-order valence-electron chi connectivity index (χ1n) is 5.70. The summed E-state index contributed by atoms with van der Waals surface area (Å²) >= 11 is 0. The molecular formula is C12H20N4. The predicted molar refractivity (Wildman–Crippen MR) is 67.5 cm³/mol. The van der Waals surface area contributed by atoms with E-state index in [0.717, 1.165) is 36.9 Å². The molecule has 1 aromatic heterocycles. The minimum Gasteiger partial charge on any atom is -0.388 e. The van der Waals surface area contributed by atoms with E-state index < -0.39 is 0 Å². The van der Waals surface area contributed by atoms with Crippen molar-refractivity contribution >= 4 is 11.7 Å². The van der Waals surface area contributed by atoms with Crippen LogP contribution in [0.1, 0.15) is 37.4 Å². The second-order valence-corrected chi connectivity index (χ2v) is 3.98. The molecular weight excluding hydrogens is 200 g/mol. The number of aromatic nitrogens is 1. The highest BCUT2D eigenvalue weighted by molar-refractivity contribution is 5.76. The molecule has 1 aromatic rings. The first-order chi connectivity index (χ1) is 7.63. The number of amidine groups is 1. The lowest BCUT2D eigenvalue weighted by molar-refractivity contribution is 0.826. The monoisotopic (exact) mass is 220 g/mol. The molecule has 0 spiro atoms. The number of nitrogens with one attached hydrogen (secondary N) is 1. The lowest BCUT2D eigenvalue weighted by Crippen LogP contribution is -2.09. The van der Waals surface area contributed by atoms with Gasteiger partial charge < -0.3 is 11.5 Å². The van der Waals surface area contributed by atoms with E-state index in [1.807, 2.05) is 6.07 Å². The number of nitrogen functional groups attached to an aromatic ring is 1. The fourth-order valence-electron chi connectivity index (χ4n) is 1.63. The van der Waals surface area contributed by atoms with Gasteiger partial charge in [-0.2, -0.15) is 0 Å². The molecule has 0 aliphatic carbocycles. The van der Waals surface area contributed by atoms with Crippen molar-refractivity contribution in [1.29, 1.82) is 5.41 Å². The van der Waals surface area contributed by atoms with Gasteiger partial charge in [0.05, 0.1) is 5.84 Å². The van der Waals surface area contributed by atoms with Crippen LogP contribution in [0.2, 0.25) is 0 Å². The lowest BCUT2D eigenvalue weighted by atomic mass is 10.1. The van der Waals surface area contributed by atoms with Gasteiger partial charge in [0.2, 0.25) is 0 Å². The van der Waals surface area contributed by atoms with Gasteiger partial charge in [-0.3, -0.25) is 5.41 Å². The number of hydrogen-bond acceptors (Lipinski definition) is 3. The van der Waals surface area contributed by atoms with Gasteiger partial charge in [0.25, 0.3) is 0 Å². The molecule has 0 saturated heterocycles. The topological polar surface area (TPSA) is 88.8 Å². The molecule has 0 unspecified atom stereocenters. The fourth-order valence-corrected chi connectivity index (χ4v) is 1.63. The normalized spacial score (nSPS) is 10.3. The van der Waals surface area contributed by atoms with Crippen LogP contribution in [0, 0.1) is 5.41 Å². The molecule has 4 heteroatoms. The summed E-state index contributed by atoms with van der Waals surface area (Å²) < 4.78 is 0. The number of hydrogen-bond donors (Lipinski definition) is 3. The van der Waals surface area contributed by atoms with Gasteiger partial charge in [0.15, 0.2) is 0 Å². The molecule has 4 nitrogen and oxygen atoms in total. The van der Waals surface area contributed by atoms with Crippen molar-refractivity contribution in [2.24, 2.45) is 5.73 Å². The SMILES string of the molecule is CCCc1ccc(CCCC(=N)N)nc1N. The van der Waals surface area contributed by atoms with Crippen LogP contribution in [0.5, 0.6) is 0 Å². The first kappa shape index (κ1) is 12.5. The van der Waals surface area contributed by atoms with Crippen LogP contribution in [0.4, 0.5) is 5.82 Å². The summed E-state index contributed by atoms with van der Waals surface area (Å²) in [5.74, 6) is 0.873. The maximum Gasteiger partial charge on any atom is 0.126 e. The van der Waals surface area contributed by atoms with Gasteiger partial charge in [-0.1, -0.05) is 19.4 Å². The molecule has 16 heavy (non-hydrogen) atoms. The summed E-state index contributed by atoms with van der Waals surface area (Å²) in [5.41, 5.74) is 13.3. The van der Waals surface area contributed by atoms with E-state index in [4.69, 9.17) is 16.9 Å². The van der Waals surface area contributed by atoms with Gasteiger partial charge in [-0.25, -0.2) is 4.98 Å². The van der Waals surface area contributed by atoms with Crippen LogP contribution in [0.25, 0.3) is 0 Å². The molecule has 0 aromatic carbocycles. The molecule has 0 fully saturated rings. The van der Waals surface area contributed by atoms with Crippen LogP contribution in [0.3, 0.4) is 0 Å². The van der Waals surface area contributed by atoms with E-state index in [9.17, 15) is 0 Å². The highest BCUT2D eigenvalue weighted by Gasteiger charge is 2.02. The zero-order chi connectivity index (χ0) is 12.0. The average molecular weight is 220 g/mol. The summed E-state index contributed by atoms with van der Waals surface area (Å²) in [4.78, 5) is 4.36. The van der Waals surface area contributed by atoms with Gasteiger partial charge in [-0.05, 0) is 30.9 Å². The number of nitrogens with two attached hydrogens (primary N) is 2. The van der Waals surface area contributed by atoms with Crippen molar-refractivity contribution in [1.82, 2.24) is 4.98 Å². The third-order valence-electron chi connectivity index (χ3n) is 2.47. The van der Waals surface area contributed by atoms with Crippen molar-refractivity contribution in [2.45, 2.75) is 39.0 Å². The number of anilines is 1. The standard InChI is InChI=1S/C12H20N4/c1-2-4-9-7-8-10(16-12(9)15)5-3-6-11(13)14/h7-8H,2-6H2,1H3,(H3,13,14)(H2,15,16). The predicted octanol–water partition coefficient (Wildman–Crippen LogP) is 1.87. The van der Waals surface area contributed by atoms with Crippen LogP contribution in [-0.2, 0) is 12.8 Å². The zero-order valence-corrected chi connectivity index (χ0v) is 9.79. The van der Waals surface area contributed by atoms with E-state index in [0.29, 0.717) is 12.2 Å². The zero-order valence-electron chi connectivity index (χ0n) is 9.79. The lowest BCUT2D eigenvalue weighted by Gasteiger charge is -2.06. The minimum atomic E-state index is 0.232. The molecule has 0 bridgehead atoms. The summed E-state index contributed by atoms with van der Waals surface area (Å²) in [5, 5.41) is 7.12. The number of nitrogens with zero attached hydrogens (tertiary/aromatic N) is 1. The van der Waals surface area contributed by atoms with E-state index in [2.05, 4.69) is 18.0 Å². The van der Waals surface area contributed by atoms with Crippen LogP contribution < -0.4 is 11.5 Å². The molecule has 88 valence electrons. The first-order valence-corrected chi connectivity index (χ1v) is 5.70. The molecule has 0 aliphatic heterocycles. The van der Waals surface area contributed by atoms with Crippen LogP contribution in [0.15, 0.2) is 12.1 Å². The second kappa shape index (κ2) is 6.10. The Balaban J connectivity index is 2.55. The Hall–Kier alpha value is -1.58. The quantitative estimate of drug-likeness (QED) is 0.505. The molecule has 1 heterocycles. The Labute approximate surface area is 96.6 Å². The Morgan fingerprint density at radius 1 is 1.38 bits per heavy atom. The highest BCUT2D eigenvalue weighted by atomic mass is 14.8. The number of pyridine rings is 1. The molecule has 0 aliphatic rings. The van der Waals surface area contributed by atoms with Gasteiger partial charge in [0, 0.05) is 12.1 Å². The van der Waals surface area contributed by atoms with Crippen molar-refractivity contribution in [3.63, 3.8) is 0 Å². The third-order valence-corrected chi connectivity index (χ3v) is 2.47. The summed E-state index contributed by atoms with van der Waals surface area (Å²) in [6.45, 7) is 2.13. The van der Waals surface area contributed by atoms with Crippen molar-refractivity contribution in [2.75, 3.05) is 5.73 Å². The summed E-state index contributed by atoms with van der Waals surface area (Å²) in [6, 6.07) is 4.07. The minimum absolute atomic E-state index is 0.232. The third kappa shape index (κ3) is 3.88. The summed E-state index contributed by atoms with van der Waals surface area (Å²) in [6.07, 6.45) is 4.37. The molecule has 0 atom stereocenters. The van der Waals surface area contributed by atoms with Gasteiger partial charge in [0.1, 0.15) is 5.82 Å². The Bertz CT molecular complexity index is 360. The smallest absolute Gasteiger partial charge is 0.126 e. The van der Waals surface area contributed by atoms with Gasteiger partial charge in [-0.15, -0.1) is 0 Å². The average Bonchev–Trinajstić information content (AvgIpc) is 2.21. The van der Waals surface area contributed by atoms with Crippen molar-refractivity contribution in [3.05, 3.63) is 23.4 Å². The van der Waals surface area contributed by atoms with E-state index in [1.165, 1.54) is 0 Å². The Kier molecular flexibility index (Phi) is 4.76. The highest BCUT2D eigenvalue weighted by Crippen LogP contribution is 2.13. The Morgan fingerprint density at radius 2 is 2.12 bits per heavy atom. The number of rotatable bonds is 6. The molecule has 0 saturated carbocycles. The van der Waals surface area contributed by atoms with Crippen LogP contribution in [-0.4, -0.2) is 10.8 Å².